The van der Waals surface area contributed by atoms with Crippen LogP contribution in [0, 0.1) is 0 Å². The van der Waals surface area contributed by atoms with Crippen LogP contribution in [0.4, 0.5) is 4.79 Å². The lowest BCUT2D eigenvalue weighted by atomic mass is 10.7. The molecule has 0 bridgehead atoms. The molecule has 0 rings (SSSR count). The molecule has 6 nitrogen and oxygen atoms in total. The highest BCUT2D eigenvalue weighted by Gasteiger charge is 2.00. The number of amides is 1. The summed E-state index contributed by atoms with van der Waals surface area (Å²) in [6.45, 7) is 4.53. The number of nitrogens with two attached hydrogens (primary N) is 1. The van der Waals surface area contributed by atoms with Crippen molar-refractivity contribution >= 4 is 12.1 Å². The van der Waals surface area contributed by atoms with Crippen LogP contribution in [0.5, 0.6) is 0 Å². The van der Waals surface area contributed by atoms with Crippen LogP contribution in [0.2, 0.25) is 0 Å². The van der Waals surface area contributed by atoms with Gasteiger partial charge < -0.3 is 20.3 Å². The molecule has 1 atom stereocenters. The van der Waals surface area contributed by atoms with E-state index in [2.05, 4.69) is 21.8 Å². The first kappa shape index (κ1) is 14.0. The van der Waals surface area contributed by atoms with E-state index in [0.717, 1.165) is 6.08 Å². The van der Waals surface area contributed by atoms with Gasteiger partial charge in [-0.2, -0.15) is 0 Å². The predicted molar refractivity (Wildman–Crippen MR) is 45.0 cm³/mol. The molecule has 0 saturated carbocycles. The van der Waals surface area contributed by atoms with E-state index in [0.29, 0.717) is 0 Å². The van der Waals surface area contributed by atoms with Crippen molar-refractivity contribution in [2.45, 2.75) is 13.2 Å². The molecule has 0 fully saturated rings. The zero-order valence-electron chi connectivity index (χ0n) is 7.52. The molecule has 1 amide bonds. The van der Waals surface area contributed by atoms with Crippen LogP contribution in [-0.2, 0) is 14.3 Å². The summed E-state index contributed by atoms with van der Waals surface area (Å²) in [6, 6.07) is 0. The summed E-state index contributed by atoms with van der Waals surface area (Å²) in [6.07, 6.45) is -0.535. The van der Waals surface area contributed by atoms with Gasteiger partial charge in [0.05, 0.1) is 0 Å². The Bertz CT molecular complexity index is 180. The van der Waals surface area contributed by atoms with Gasteiger partial charge in [0, 0.05) is 13.2 Å². The molecular formula is C7H13NO5. The lowest BCUT2D eigenvalue weighted by Gasteiger charge is -2.06. The summed E-state index contributed by atoms with van der Waals surface area (Å²) in [5.74, 6) is -0.981. The quantitative estimate of drug-likeness (QED) is 0.494. The fraction of sp³-hybridized carbons (Fsp3) is 0.429. The van der Waals surface area contributed by atoms with Gasteiger partial charge in [-0.25, -0.2) is 9.59 Å². The van der Waals surface area contributed by atoms with E-state index in [9.17, 15) is 9.59 Å². The number of rotatable bonds is 3. The molecule has 0 aromatic carbocycles. The second-order valence-corrected chi connectivity index (χ2v) is 1.78. The molecule has 0 aliphatic carbocycles. The van der Waals surface area contributed by atoms with Crippen LogP contribution >= 0.6 is 0 Å². The molecule has 0 heterocycles. The molecule has 1 unspecified atom stereocenters. The smallest absolute Gasteiger partial charge is 0.406 e. The predicted octanol–water partition coefficient (Wildman–Crippen LogP) is 0.331. The van der Waals surface area contributed by atoms with Gasteiger partial charge in [-0.1, -0.05) is 6.58 Å². The molecule has 0 saturated heterocycles. The largest absolute Gasteiger partial charge is 0.478 e. The van der Waals surface area contributed by atoms with Crippen molar-refractivity contribution in [3.8, 4) is 0 Å². The normalized spacial score (nSPS) is 10.3. The highest BCUT2D eigenvalue weighted by molar-refractivity contribution is 5.78. The van der Waals surface area contributed by atoms with E-state index in [1.807, 2.05) is 0 Å². The second kappa shape index (κ2) is 8.54. The minimum Gasteiger partial charge on any atom is -0.478 e. The van der Waals surface area contributed by atoms with Crippen LogP contribution in [-0.4, -0.2) is 30.6 Å². The van der Waals surface area contributed by atoms with Gasteiger partial charge in [0.25, 0.3) is 0 Å². The number of carbonyl (C=O) groups excluding carboxylic acids is 1. The maximum Gasteiger partial charge on any atom is 0.406 e. The van der Waals surface area contributed by atoms with E-state index >= 15 is 0 Å². The van der Waals surface area contributed by atoms with Crippen molar-refractivity contribution in [2.24, 2.45) is 5.73 Å². The Hall–Kier alpha value is -1.56. The number of carbonyl (C=O) groups is 2. The summed E-state index contributed by atoms with van der Waals surface area (Å²) in [5.41, 5.74) is 4.63. The maximum atomic E-state index is 9.89. The topological polar surface area (TPSA) is 98.8 Å². The van der Waals surface area contributed by atoms with E-state index in [-0.39, 0.29) is 0 Å². The number of methoxy groups -OCH3 is 1. The van der Waals surface area contributed by atoms with Crippen LogP contribution in [0.15, 0.2) is 12.7 Å². The molecular weight excluding hydrogens is 178 g/mol. The molecule has 0 aromatic heterocycles. The minimum absolute atomic E-state index is 0.549. The lowest BCUT2D eigenvalue weighted by Crippen LogP contribution is -2.21. The fourth-order valence-corrected chi connectivity index (χ4v) is 0.212. The van der Waals surface area contributed by atoms with E-state index in [1.165, 1.54) is 7.11 Å². The first-order chi connectivity index (χ1) is 5.93. The lowest BCUT2D eigenvalue weighted by molar-refractivity contribution is -0.131. The van der Waals surface area contributed by atoms with Gasteiger partial charge in [-0.3, -0.25) is 0 Å². The molecule has 0 spiro atoms. The standard InChI is InChI=1S/C4H9NO3.C3H4O2/c1-3(7-2)8-4(5)6;1-2-3(4)5/h3H,1-2H3,(H2,5,6);2H,1H2,(H,4,5). The van der Waals surface area contributed by atoms with E-state index in [4.69, 9.17) is 5.11 Å². The third kappa shape index (κ3) is 17.9. The van der Waals surface area contributed by atoms with Gasteiger partial charge in [-0.15, -0.1) is 0 Å². The second-order valence-electron chi connectivity index (χ2n) is 1.78. The Labute approximate surface area is 75.9 Å². The van der Waals surface area contributed by atoms with Crippen molar-refractivity contribution in [3.63, 3.8) is 0 Å². The molecule has 0 aliphatic heterocycles. The number of aliphatic carboxylic acids is 1. The molecule has 0 aliphatic rings. The summed E-state index contributed by atoms with van der Waals surface area (Å²) < 4.78 is 8.85. The average molecular weight is 191 g/mol. The van der Waals surface area contributed by atoms with Crippen LogP contribution in [0.25, 0.3) is 0 Å². The van der Waals surface area contributed by atoms with E-state index < -0.39 is 18.4 Å². The third-order valence-electron chi connectivity index (χ3n) is 0.789. The molecule has 0 radical (unpaired) electrons. The van der Waals surface area contributed by atoms with Crippen molar-refractivity contribution in [2.75, 3.05) is 7.11 Å². The number of carboxylic acids is 1. The van der Waals surface area contributed by atoms with Gasteiger partial charge >= 0.3 is 12.1 Å². The van der Waals surface area contributed by atoms with Crippen molar-refractivity contribution in [1.82, 2.24) is 0 Å². The van der Waals surface area contributed by atoms with Crippen molar-refractivity contribution in [1.29, 1.82) is 0 Å². The minimum atomic E-state index is -0.981. The highest BCUT2D eigenvalue weighted by atomic mass is 16.7. The average Bonchev–Trinajstić information content (AvgIpc) is 2.04. The van der Waals surface area contributed by atoms with Gasteiger partial charge in [0.15, 0.2) is 0 Å². The molecule has 13 heavy (non-hydrogen) atoms. The number of primary amides is 1. The number of carboxylic acid groups (broad SMARTS) is 1. The Balaban J connectivity index is 0. The van der Waals surface area contributed by atoms with Gasteiger partial charge in [-0.05, 0) is 6.92 Å². The third-order valence-corrected chi connectivity index (χ3v) is 0.789. The van der Waals surface area contributed by atoms with Crippen LogP contribution < -0.4 is 5.73 Å². The van der Waals surface area contributed by atoms with Crippen molar-refractivity contribution < 1.29 is 24.2 Å². The van der Waals surface area contributed by atoms with Crippen LogP contribution in [0.1, 0.15) is 6.92 Å². The Morgan fingerprint density at radius 3 is 2.08 bits per heavy atom. The van der Waals surface area contributed by atoms with E-state index in [1.54, 1.807) is 6.92 Å². The highest BCUT2D eigenvalue weighted by Crippen LogP contribution is 1.87. The number of hydrogen-bond donors (Lipinski definition) is 2. The SMILES string of the molecule is C=CC(=O)O.COC(C)OC(N)=O. The van der Waals surface area contributed by atoms with Crippen molar-refractivity contribution in [3.05, 3.63) is 12.7 Å². The monoisotopic (exact) mass is 191 g/mol. The molecule has 76 valence electrons. The summed E-state index contributed by atoms with van der Waals surface area (Å²) in [4.78, 5) is 19.1. The fourth-order valence-electron chi connectivity index (χ4n) is 0.212. The Morgan fingerprint density at radius 1 is 1.62 bits per heavy atom. The molecule has 0 aromatic rings. The summed E-state index contributed by atoms with van der Waals surface area (Å²) in [7, 11) is 1.42. The maximum absolute atomic E-state index is 9.89. The molecule has 3 N–H and O–H groups in total. The molecule has 6 heteroatoms. The summed E-state index contributed by atoms with van der Waals surface area (Å²) in [5, 5.41) is 7.60. The van der Waals surface area contributed by atoms with Crippen LogP contribution in [0.3, 0.4) is 0 Å². The summed E-state index contributed by atoms with van der Waals surface area (Å²) >= 11 is 0. The van der Waals surface area contributed by atoms with Gasteiger partial charge in [0.1, 0.15) is 0 Å². The first-order valence-corrected chi connectivity index (χ1v) is 3.28. The Morgan fingerprint density at radius 2 is 2.00 bits per heavy atom. The first-order valence-electron chi connectivity index (χ1n) is 3.28. The number of hydrogen-bond acceptors (Lipinski definition) is 4. The zero-order chi connectivity index (χ0) is 10.9. The Kier molecular flexibility index (Phi) is 9.19. The zero-order valence-corrected chi connectivity index (χ0v) is 7.52. The number of ether oxygens (including phenoxy) is 2. The van der Waals surface area contributed by atoms with Gasteiger partial charge in [0.2, 0.25) is 6.29 Å².